The molecule has 2 fully saturated rings. The lowest BCUT2D eigenvalue weighted by atomic mass is 9.66. The van der Waals surface area contributed by atoms with Crippen LogP contribution in [0, 0.1) is 17.3 Å². The Bertz CT molecular complexity index is 339. The Morgan fingerprint density at radius 2 is 2.11 bits per heavy atom. The predicted octanol–water partition coefficient (Wildman–Crippen LogP) is 0.603. The van der Waals surface area contributed by atoms with Crippen molar-refractivity contribution in [2.24, 2.45) is 17.3 Å². The molecule has 1 saturated carbocycles. The summed E-state index contributed by atoms with van der Waals surface area (Å²) >= 11 is 0. The molecule has 2 unspecified atom stereocenters. The van der Waals surface area contributed by atoms with E-state index in [1.807, 2.05) is 0 Å². The van der Waals surface area contributed by atoms with E-state index in [-0.39, 0.29) is 23.7 Å². The fourth-order valence-corrected chi connectivity index (χ4v) is 2.98. The number of carboxylic acid groups (broad SMARTS) is 1. The number of hydrogen-bond acceptors (Lipinski definition) is 3. The highest BCUT2D eigenvalue weighted by atomic mass is 16.4. The molecular weight excluding hydrogens is 232 g/mol. The van der Waals surface area contributed by atoms with E-state index >= 15 is 0 Å². The molecule has 1 aliphatic carbocycles. The fourth-order valence-electron chi connectivity index (χ4n) is 2.98. The maximum atomic E-state index is 12.0. The van der Waals surface area contributed by atoms with Crippen molar-refractivity contribution in [3.8, 4) is 0 Å². The van der Waals surface area contributed by atoms with Gasteiger partial charge in [0.15, 0.2) is 0 Å². The molecule has 0 aromatic rings. The van der Waals surface area contributed by atoms with Gasteiger partial charge in [0.05, 0.1) is 12.3 Å². The van der Waals surface area contributed by atoms with E-state index in [2.05, 4.69) is 17.6 Å². The van der Waals surface area contributed by atoms with Gasteiger partial charge in [-0.15, -0.1) is 0 Å². The van der Waals surface area contributed by atoms with Crippen LogP contribution in [0.4, 0.5) is 0 Å². The molecule has 0 aromatic carbocycles. The van der Waals surface area contributed by atoms with Crippen molar-refractivity contribution >= 4 is 11.9 Å². The SMILES string of the molecule is CC1CNCC1C(=O)NCC1(CC(=O)O)CCC1. The standard InChI is InChI=1S/C13H22N2O3/c1-9-6-14-7-10(9)12(18)15-8-13(3-2-4-13)5-11(16)17/h9-10,14H,2-8H2,1H3,(H,15,18)(H,16,17). The number of carbonyl (C=O) groups excluding carboxylic acids is 1. The first-order chi connectivity index (χ1) is 8.52. The van der Waals surface area contributed by atoms with Gasteiger partial charge in [-0.3, -0.25) is 9.59 Å². The summed E-state index contributed by atoms with van der Waals surface area (Å²) < 4.78 is 0. The molecule has 5 heteroatoms. The average molecular weight is 254 g/mol. The van der Waals surface area contributed by atoms with Crippen molar-refractivity contribution in [3.05, 3.63) is 0 Å². The van der Waals surface area contributed by atoms with Crippen LogP contribution in [0.25, 0.3) is 0 Å². The van der Waals surface area contributed by atoms with Gasteiger partial charge in [0, 0.05) is 13.1 Å². The third-order valence-corrected chi connectivity index (χ3v) is 4.43. The molecule has 1 heterocycles. The highest BCUT2D eigenvalue weighted by molar-refractivity contribution is 5.79. The summed E-state index contributed by atoms with van der Waals surface area (Å²) in [5, 5.41) is 15.1. The molecule has 2 atom stereocenters. The van der Waals surface area contributed by atoms with Crippen molar-refractivity contribution in [1.29, 1.82) is 0 Å². The number of nitrogens with one attached hydrogen (secondary N) is 2. The molecule has 18 heavy (non-hydrogen) atoms. The number of rotatable bonds is 5. The van der Waals surface area contributed by atoms with Crippen molar-refractivity contribution in [2.45, 2.75) is 32.6 Å². The van der Waals surface area contributed by atoms with Crippen LogP contribution < -0.4 is 10.6 Å². The molecule has 0 spiro atoms. The third-order valence-electron chi connectivity index (χ3n) is 4.43. The van der Waals surface area contributed by atoms with Crippen molar-refractivity contribution in [3.63, 3.8) is 0 Å². The van der Waals surface area contributed by atoms with Gasteiger partial charge in [-0.1, -0.05) is 13.3 Å². The van der Waals surface area contributed by atoms with E-state index in [0.717, 1.165) is 32.4 Å². The lowest BCUT2D eigenvalue weighted by Crippen LogP contribution is -2.46. The Balaban J connectivity index is 1.82. The fraction of sp³-hybridized carbons (Fsp3) is 0.846. The highest BCUT2D eigenvalue weighted by Gasteiger charge is 2.40. The van der Waals surface area contributed by atoms with Gasteiger partial charge in [0.1, 0.15) is 0 Å². The smallest absolute Gasteiger partial charge is 0.303 e. The number of amides is 1. The molecule has 3 N–H and O–H groups in total. The third kappa shape index (κ3) is 2.83. The van der Waals surface area contributed by atoms with Crippen molar-refractivity contribution in [2.75, 3.05) is 19.6 Å². The summed E-state index contributed by atoms with van der Waals surface area (Å²) in [6.45, 7) is 4.21. The molecule has 2 rings (SSSR count). The average Bonchev–Trinajstić information content (AvgIpc) is 2.67. The highest BCUT2D eigenvalue weighted by Crippen LogP contribution is 2.43. The van der Waals surface area contributed by atoms with E-state index in [4.69, 9.17) is 5.11 Å². The minimum atomic E-state index is -0.764. The van der Waals surface area contributed by atoms with Gasteiger partial charge >= 0.3 is 5.97 Å². The van der Waals surface area contributed by atoms with Gasteiger partial charge in [0.2, 0.25) is 5.91 Å². The normalized spacial score (nSPS) is 29.6. The van der Waals surface area contributed by atoms with Gasteiger partial charge in [-0.25, -0.2) is 0 Å². The zero-order valence-corrected chi connectivity index (χ0v) is 10.9. The Morgan fingerprint density at radius 3 is 2.56 bits per heavy atom. The van der Waals surface area contributed by atoms with Crippen LogP contribution in [0.15, 0.2) is 0 Å². The largest absolute Gasteiger partial charge is 0.481 e. The van der Waals surface area contributed by atoms with E-state index in [1.165, 1.54) is 0 Å². The van der Waals surface area contributed by atoms with E-state index in [9.17, 15) is 9.59 Å². The van der Waals surface area contributed by atoms with Crippen LogP contribution in [0.2, 0.25) is 0 Å². The van der Waals surface area contributed by atoms with E-state index < -0.39 is 5.97 Å². The molecule has 0 radical (unpaired) electrons. The van der Waals surface area contributed by atoms with Crippen LogP contribution >= 0.6 is 0 Å². The second-order valence-corrected chi connectivity index (χ2v) is 5.88. The Kier molecular flexibility index (Phi) is 3.90. The minimum Gasteiger partial charge on any atom is -0.481 e. The molecule has 0 aromatic heterocycles. The number of hydrogen-bond donors (Lipinski definition) is 3. The number of carbonyl (C=O) groups is 2. The zero-order chi connectivity index (χ0) is 13.2. The Morgan fingerprint density at radius 1 is 1.39 bits per heavy atom. The van der Waals surface area contributed by atoms with Gasteiger partial charge in [0.25, 0.3) is 0 Å². The molecule has 102 valence electrons. The van der Waals surface area contributed by atoms with Crippen LogP contribution in [-0.4, -0.2) is 36.6 Å². The van der Waals surface area contributed by atoms with E-state index in [0.29, 0.717) is 12.5 Å². The second-order valence-electron chi connectivity index (χ2n) is 5.88. The van der Waals surface area contributed by atoms with E-state index in [1.54, 1.807) is 0 Å². The molecule has 1 amide bonds. The van der Waals surface area contributed by atoms with Crippen LogP contribution in [0.5, 0.6) is 0 Å². The summed E-state index contributed by atoms with van der Waals surface area (Å²) in [4.78, 5) is 22.9. The minimum absolute atomic E-state index is 0.0342. The summed E-state index contributed by atoms with van der Waals surface area (Å²) in [7, 11) is 0. The zero-order valence-electron chi connectivity index (χ0n) is 10.9. The van der Waals surface area contributed by atoms with Crippen molar-refractivity contribution in [1.82, 2.24) is 10.6 Å². The first-order valence-corrected chi connectivity index (χ1v) is 6.73. The monoisotopic (exact) mass is 254 g/mol. The maximum Gasteiger partial charge on any atom is 0.303 e. The van der Waals surface area contributed by atoms with Crippen LogP contribution in [0.1, 0.15) is 32.6 Å². The quantitative estimate of drug-likeness (QED) is 0.671. The van der Waals surface area contributed by atoms with Crippen LogP contribution in [0.3, 0.4) is 0 Å². The Hall–Kier alpha value is -1.10. The van der Waals surface area contributed by atoms with Crippen LogP contribution in [-0.2, 0) is 9.59 Å². The number of aliphatic carboxylic acids is 1. The predicted molar refractivity (Wildman–Crippen MR) is 67.1 cm³/mol. The summed E-state index contributed by atoms with van der Waals surface area (Å²) in [6, 6.07) is 0. The Labute approximate surface area is 107 Å². The summed E-state index contributed by atoms with van der Waals surface area (Å²) in [5.41, 5.74) is -0.184. The van der Waals surface area contributed by atoms with Crippen molar-refractivity contribution < 1.29 is 14.7 Å². The van der Waals surface area contributed by atoms with Gasteiger partial charge < -0.3 is 15.7 Å². The lowest BCUT2D eigenvalue weighted by Gasteiger charge is -2.41. The second kappa shape index (κ2) is 5.26. The molecule has 1 aliphatic heterocycles. The lowest BCUT2D eigenvalue weighted by molar-refractivity contribution is -0.142. The molecule has 5 nitrogen and oxygen atoms in total. The molecular formula is C13H22N2O3. The van der Waals surface area contributed by atoms with Gasteiger partial charge in [-0.05, 0) is 30.7 Å². The maximum absolute atomic E-state index is 12.0. The molecule has 1 saturated heterocycles. The summed E-state index contributed by atoms with van der Waals surface area (Å²) in [5.74, 6) is -0.294. The molecule has 0 bridgehead atoms. The first kappa shape index (κ1) is 13.3. The summed E-state index contributed by atoms with van der Waals surface area (Å²) in [6.07, 6.45) is 3.08. The number of carboxylic acids is 1. The first-order valence-electron chi connectivity index (χ1n) is 6.73. The van der Waals surface area contributed by atoms with Gasteiger partial charge in [-0.2, -0.15) is 0 Å². The topological polar surface area (TPSA) is 78.4 Å². The molecule has 2 aliphatic rings.